The van der Waals surface area contributed by atoms with Gasteiger partial charge >= 0.3 is 0 Å². The molecule has 1 aromatic heterocycles. The Labute approximate surface area is 112 Å². The van der Waals surface area contributed by atoms with Crippen LogP contribution in [-0.4, -0.2) is 16.8 Å². The van der Waals surface area contributed by atoms with Gasteiger partial charge in [0.05, 0.1) is 18.4 Å². The number of nitrogens with one attached hydrogen (secondary N) is 1. The highest BCUT2D eigenvalue weighted by Gasteiger charge is 2.18. The zero-order valence-corrected chi connectivity index (χ0v) is 11.2. The molecule has 0 saturated carbocycles. The Hall–Kier alpha value is -2.01. The molecule has 2 aromatic rings. The monoisotopic (exact) mass is 258 g/mol. The van der Waals surface area contributed by atoms with E-state index in [9.17, 15) is 0 Å². The molecule has 2 heterocycles. The quantitative estimate of drug-likeness (QED) is 0.728. The topological polar surface area (TPSA) is 72.5 Å². The molecule has 0 radical (unpaired) electrons. The van der Waals surface area contributed by atoms with Crippen LogP contribution in [0.4, 0.5) is 22.9 Å². The van der Waals surface area contributed by atoms with Crippen LogP contribution in [0.3, 0.4) is 0 Å². The number of benzene rings is 1. The Morgan fingerprint density at radius 2 is 2.05 bits per heavy atom. The van der Waals surface area contributed by atoms with Crippen molar-refractivity contribution in [3.05, 3.63) is 30.0 Å². The Morgan fingerprint density at radius 3 is 2.74 bits per heavy atom. The number of quaternary nitrogens is 1. The number of nitrogens with zero attached hydrogens (tertiary/aromatic N) is 2. The highest BCUT2D eigenvalue weighted by atomic mass is 15.3. The Morgan fingerprint density at radius 1 is 1.26 bits per heavy atom. The van der Waals surface area contributed by atoms with Crippen LogP contribution >= 0.6 is 0 Å². The lowest BCUT2D eigenvalue weighted by atomic mass is 10.1. The van der Waals surface area contributed by atoms with E-state index in [2.05, 4.69) is 27.9 Å². The first-order valence-corrected chi connectivity index (χ1v) is 6.79. The molecule has 0 fully saturated rings. The minimum absolute atomic E-state index is 0.783. The van der Waals surface area contributed by atoms with Crippen LogP contribution in [0.1, 0.15) is 18.5 Å². The van der Waals surface area contributed by atoms with Crippen molar-refractivity contribution < 1.29 is 5.32 Å². The first-order chi connectivity index (χ1) is 9.28. The fourth-order valence-corrected chi connectivity index (χ4v) is 2.50. The van der Waals surface area contributed by atoms with E-state index in [-0.39, 0.29) is 0 Å². The van der Waals surface area contributed by atoms with Crippen LogP contribution in [0.5, 0.6) is 0 Å². The van der Waals surface area contributed by atoms with Gasteiger partial charge in [-0.2, -0.15) is 5.10 Å². The molecule has 3 rings (SSSR count). The molecule has 0 atom stereocenters. The number of fused-ring (bicyclic) bond motifs is 1. The van der Waals surface area contributed by atoms with Gasteiger partial charge in [-0.15, -0.1) is 0 Å². The second kappa shape index (κ2) is 4.93. The van der Waals surface area contributed by atoms with Gasteiger partial charge in [0.25, 0.3) is 0 Å². The van der Waals surface area contributed by atoms with Crippen molar-refractivity contribution in [1.29, 1.82) is 0 Å². The molecule has 0 spiro atoms. The van der Waals surface area contributed by atoms with Crippen LogP contribution in [0.25, 0.3) is 0 Å². The van der Waals surface area contributed by atoms with Gasteiger partial charge in [-0.25, -0.2) is 0 Å². The van der Waals surface area contributed by atoms with Gasteiger partial charge in [0.15, 0.2) is 5.82 Å². The van der Waals surface area contributed by atoms with Crippen LogP contribution in [0.2, 0.25) is 0 Å². The van der Waals surface area contributed by atoms with Gasteiger partial charge in [0.1, 0.15) is 5.69 Å². The lowest BCUT2D eigenvalue weighted by Gasteiger charge is -2.12. The zero-order chi connectivity index (χ0) is 13.2. The second-order valence-corrected chi connectivity index (χ2v) is 4.92. The average Bonchev–Trinajstić information content (AvgIpc) is 2.77. The average molecular weight is 258 g/mol. The van der Waals surface area contributed by atoms with Gasteiger partial charge in [-0.05, 0) is 31.4 Å². The van der Waals surface area contributed by atoms with E-state index >= 15 is 0 Å². The first-order valence-electron chi connectivity index (χ1n) is 6.79. The summed E-state index contributed by atoms with van der Waals surface area (Å²) < 4.78 is 2.04. The third kappa shape index (κ3) is 2.29. The summed E-state index contributed by atoms with van der Waals surface area (Å²) in [7, 11) is 2.03. The van der Waals surface area contributed by atoms with E-state index in [0.29, 0.717) is 0 Å². The normalized spacial score (nSPS) is 14.2. The highest BCUT2D eigenvalue weighted by Crippen LogP contribution is 2.29. The molecule has 5 heteroatoms. The summed E-state index contributed by atoms with van der Waals surface area (Å²) in [5, 5.41) is 9.95. The van der Waals surface area contributed by atoms with Crippen molar-refractivity contribution >= 4 is 22.9 Å². The van der Waals surface area contributed by atoms with E-state index < -0.39 is 0 Å². The zero-order valence-electron chi connectivity index (χ0n) is 11.2. The number of hydrogen-bond acceptors (Lipinski definition) is 3. The number of aryl methyl sites for hydroxylation is 1. The van der Waals surface area contributed by atoms with Crippen LogP contribution in [0.15, 0.2) is 24.3 Å². The van der Waals surface area contributed by atoms with Gasteiger partial charge in [-0.3, -0.25) is 4.68 Å². The highest BCUT2D eigenvalue weighted by molar-refractivity contribution is 5.71. The first kappa shape index (κ1) is 12.0. The fraction of sp³-hybridized carbons (Fsp3) is 0.357. The smallest absolute Gasteiger partial charge is 0.175 e. The van der Waals surface area contributed by atoms with Gasteiger partial charge < -0.3 is 16.4 Å². The van der Waals surface area contributed by atoms with Crippen molar-refractivity contribution in [2.24, 2.45) is 0 Å². The number of nitrogen functional groups attached to an aromatic ring is 1. The molecule has 1 aliphatic heterocycles. The van der Waals surface area contributed by atoms with Crippen LogP contribution in [-0.2, 0) is 13.0 Å². The Balaban J connectivity index is 1.84. The molecule has 0 bridgehead atoms. The van der Waals surface area contributed by atoms with E-state index in [1.165, 1.54) is 24.2 Å². The standard InChI is InChI=1S/C14H19N5/c1-16-10-5-7-11(8-6-10)17-14-13(15)12-4-2-3-9-19(12)18-14/h5-8,16H,2-4,9,15H2,1H3,(H,17,18)/p+1. The molecule has 0 unspecified atom stereocenters. The third-order valence-electron chi connectivity index (χ3n) is 3.64. The molecular formula is C14H20N5+. The minimum Gasteiger partial charge on any atom is -0.394 e. The molecule has 5 N–H and O–H groups in total. The van der Waals surface area contributed by atoms with Crippen molar-refractivity contribution in [1.82, 2.24) is 9.78 Å². The summed E-state index contributed by atoms with van der Waals surface area (Å²) >= 11 is 0. The second-order valence-electron chi connectivity index (χ2n) is 4.92. The number of aromatic nitrogens is 2. The number of nitrogens with two attached hydrogens (primary N) is 2. The molecule has 1 aromatic carbocycles. The van der Waals surface area contributed by atoms with E-state index in [1.54, 1.807) is 0 Å². The van der Waals surface area contributed by atoms with Crippen molar-refractivity contribution in [3.8, 4) is 0 Å². The summed E-state index contributed by atoms with van der Waals surface area (Å²) in [4.78, 5) is 0. The predicted molar refractivity (Wildman–Crippen MR) is 76.8 cm³/mol. The summed E-state index contributed by atoms with van der Waals surface area (Å²) in [6.45, 7) is 0.977. The lowest BCUT2D eigenvalue weighted by molar-refractivity contribution is -0.539. The van der Waals surface area contributed by atoms with Gasteiger partial charge in [0.2, 0.25) is 0 Å². The molecule has 0 aliphatic carbocycles. The Kier molecular flexibility index (Phi) is 3.13. The summed E-state index contributed by atoms with van der Waals surface area (Å²) in [6.07, 6.45) is 3.43. The van der Waals surface area contributed by atoms with Crippen molar-refractivity contribution in [2.45, 2.75) is 25.8 Å². The van der Waals surface area contributed by atoms with E-state index in [4.69, 9.17) is 5.73 Å². The van der Waals surface area contributed by atoms with Crippen molar-refractivity contribution in [2.75, 3.05) is 18.1 Å². The molecule has 0 saturated heterocycles. The summed E-state index contributed by atoms with van der Waals surface area (Å²) in [5.41, 5.74) is 10.4. The molecule has 0 amide bonds. The van der Waals surface area contributed by atoms with Crippen LogP contribution in [0, 0.1) is 0 Å². The largest absolute Gasteiger partial charge is 0.394 e. The van der Waals surface area contributed by atoms with Crippen molar-refractivity contribution in [3.63, 3.8) is 0 Å². The molecule has 100 valence electrons. The SMILES string of the molecule is C[NH2+]c1ccc(Nc2nn3c(c2N)CCCC3)cc1. The predicted octanol–water partition coefficient (Wildman–Crippen LogP) is 1.37. The summed E-state index contributed by atoms with van der Waals surface area (Å²) in [6, 6.07) is 8.25. The fourth-order valence-electron chi connectivity index (χ4n) is 2.50. The molecule has 5 nitrogen and oxygen atoms in total. The van der Waals surface area contributed by atoms with Gasteiger partial charge in [-0.1, -0.05) is 0 Å². The maximum Gasteiger partial charge on any atom is 0.175 e. The number of hydrogen-bond donors (Lipinski definition) is 3. The molecular weight excluding hydrogens is 238 g/mol. The lowest BCUT2D eigenvalue weighted by Crippen LogP contribution is -2.72. The van der Waals surface area contributed by atoms with Crippen LogP contribution < -0.4 is 16.4 Å². The summed E-state index contributed by atoms with van der Waals surface area (Å²) in [5.74, 6) is 0.783. The maximum atomic E-state index is 6.18. The Bertz CT molecular complexity index is 570. The number of rotatable bonds is 3. The van der Waals surface area contributed by atoms with E-state index in [1.807, 2.05) is 23.9 Å². The maximum absolute atomic E-state index is 6.18. The molecule has 1 aliphatic rings. The van der Waals surface area contributed by atoms with Gasteiger partial charge in [0, 0.05) is 24.4 Å². The van der Waals surface area contributed by atoms with E-state index in [0.717, 1.165) is 30.2 Å². The third-order valence-corrected chi connectivity index (χ3v) is 3.64. The minimum atomic E-state index is 0.783. The molecule has 19 heavy (non-hydrogen) atoms. The number of anilines is 3.